The van der Waals surface area contributed by atoms with Gasteiger partial charge in [0.2, 0.25) is 0 Å². The summed E-state index contributed by atoms with van der Waals surface area (Å²) in [5, 5.41) is 12.9. The van der Waals surface area contributed by atoms with Crippen molar-refractivity contribution in [2.75, 3.05) is 5.32 Å². The van der Waals surface area contributed by atoms with Gasteiger partial charge in [0.05, 0.1) is 11.4 Å². The molecular weight excluding hydrogens is 218 g/mol. The summed E-state index contributed by atoms with van der Waals surface area (Å²) < 4.78 is 0. The Balaban J connectivity index is 2.13. The Labute approximate surface area is 98.3 Å². The minimum atomic E-state index is 0.309. The highest BCUT2D eigenvalue weighted by molar-refractivity contribution is 7.99. The third kappa shape index (κ3) is 1.44. The number of phenols is 1. The lowest BCUT2D eigenvalue weighted by Crippen LogP contribution is -2.01. The summed E-state index contributed by atoms with van der Waals surface area (Å²) in [6, 6.07) is 11.6. The number of fused-ring (bicyclic) bond motifs is 2. The second-order valence-corrected chi connectivity index (χ2v) is 4.94. The summed E-state index contributed by atoms with van der Waals surface area (Å²) >= 11 is 1.69. The number of phenolic OH excluding ortho intramolecular Hbond substituents is 1. The Bertz CT molecular complexity index is 566. The van der Waals surface area contributed by atoms with Crippen LogP contribution >= 0.6 is 11.8 Å². The Morgan fingerprint density at radius 2 is 2.00 bits per heavy atom. The number of hydrogen-bond acceptors (Lipinski definition) is 3. The van der Waals surface area contributed by atoms with Gasteiger partial charge < -0.3 is 10.4 Å². The molecule has 2 nitrogen and oxygen atoms in total. The largest absolute Gasteiger partial charge is 0.508 e. The van der Waals surface area contributed by atoms with Crippen LogP contribution in [-0.4, -0.2) is 5.11 Å². The van der Waals surface area contributed by atoms with Crippen molar-refractivity contribution in [2.24, 2.45) is 0 Å². The first-order valence-corrected chi connectivity index (χ1v) is 5.93. The van der Waals surface area contributed by atoms with Gasteiger partial charge in [-0.1, -0.05) is 23.9 Å². The third-order valence-corrected chi connectivity index (χ3v) is 3.80. The lowest BCUT2D eigenvalue weighted by atomic mass is 10.2. The molecule has 0 saturated carbocycles. The monoisotopic (exact) mass is 229 g/mol. The van der Waals surface area contributed by atoms with Crippen LogP contribution < -0.4 is 5.32 Å². The van der Waals surface area contributed by atoms with Gasteiger partial charge in [0.15, 0.2) is 0 Å². The molecule has 0 amide bonds. The fourth-order valence-electron chi connectivity index (χ4n) is 1.84. The second kappa shape index (κ2) is 3.46. The van der Waals surface area contributed by atoms with E-state index >= 15 is 0 Å². The summed E-state index contributed by atoms with van der Waals surface area (Å²) in [4.78, 5) is 2.27. The smallest absolute Gasteiger partial charge is 0.116 e. The summed E-state index contributed by atoms with van der Waals surface area (Å²) in [5.41, 5.74) is 3.47. The van der Waals surface area contributed by atoms with Gasteiger partial charge in [-0.3, -0.25) is 0 Å². The molecule has 0 saturated heterocycles. The number of benzene rings is 2. The van der Waals surface area contributed by atoms with Gasteiger partial charge in [0.25, 0.3) is 0 Å². The fraction of sp³-hybridized carbons (Fsp3) is 0.0769. The van der Waals surface area contributed by atoms with Crippen molar-refractivity contribution in [2.45, 2.75) is 16.7 Å². The molecule has 2 aromatic rings. The average molecular weight is 229 g/mol. The van der Waals surface area contributed by atoms with Crippen molar-refractivity contribution in [1.82, 2.24) is 0 Å². The molecule has 0 radical (unpaired) electrons. The van der Waals surface area contributed by atoms with Gasteiger partial charge in [-0.15, -0.1) is 0 Å². The number of aryl methyl sites for hydroxylation is 1. The first kappa shape index (κ1) is 9.60. The molecule has 1 heterocycles. The van der Waals surface area contributed by atoms with Crippen LogP contribution in [0, 0.1) is 6.92 Å². The summed E-state index contributed by atoms with van der Waals surface area (Å²) in [6.07, 6.45) is 0. The van der Waals surface area contributed by atoms with Crippen LogP contribution in [0.25, 0.3) is 0 Å². The van der Waals surface area contributed by atoms with Gasteiger partial charge in [0.1, 0.15) is 5.75 Å². The lowest BCUT2D eigenvalue weighted by Gasteiger charge is -2.22. The van der Waals surface area contributed by atoms with Crippen LogP contribution in [0.5, 0.6) is 5.75 Å². The minimum Gasteiger partial charge on any atom is -0.508 e. The molecule has 1 aliphatic heterocycles. The molecule has 0 fully saturated rings. The van der Waals surface area contributed by atoms with Gasteiger partial charge in [-0.05, 0) is 36.8 Å². The number of rotatable bonds is 0. The first-order chi connectivity index (χ1) is 7.74. The van der Waals surface area contributed by atoms with Crippen molar-refractivity contribution in [3.05, 3.63) is 42.0 Å². The van der Waals surface area contributed by atoms with Crippen LogP contribution in [0.2, 0.25) is 0 Å². The molecule has 0 unspecified atom stereocenters. The number of nitrogens with one attached hydrogen (secondary N) is 1. The van der Waals surface area contributed by atoms with Crippen molar-refractivity contribution >= 4 is 23.1 Å². The molecule has 3 heteroatoms. The molecule has 0 aliphatic carbocycles. The van der Waals surface area contributed by atoms with E-state index in [2.05, 4.69) is 30.4 Å². The van der Waals surface area contributed by atoms with Gasteiger partial charge in [0, 0.05) is 9.79 Å². The van der Waals surface area contributed by atoms with Crippen LogP contribution in [-0.2, 0) is 0 Å². The molecule has 0 atom stereocenters. The Hall–Kier alpha value is -1.61. The molecule has 0 aromatic heterocycles. The highest BCUT2D eigenvalue weighted by atomic mass is 32.2. The zero-order chi connectivity index (χ0) is 11.1. The lowest BCUT2D eigenvalue weighted by molar-refractivity contribution is 0.474. The van der Waals surface area contributed by atoms with Crippen LogP contribution in [0.4, 0.5) is 11.4 Å². The Kier molecular flexibility index (Phi) is 2.07. The molecule has 16 heavy (non-hydrogen) atoms. The molecule has 1 aliphatic rings. The van der Waals surface area contributed by atoms with E-state index in [1.54, 1.807) is 23.9 Å². The fourth-order valence-corrected chi connectivity index (χ4v) is 2.94. The summed E-state index contributed by atoms with van der Waals surface area (Å²) in [5.74, 6) is 0.309. The maximum absolute atomic E-state index is 9.45. The third-order valence-electron chi connectivity index (χ3n) is 2.68. The zero-order valence-electron chi connectivity index (χ0n) is 8.82. The predicted octanol–water partition coefficient (Wildman–Crippen LogP) is 3.91. The van der Waals surface area contributed by atoms with Crippen molar-refractivity contribution in [1.29, 1.82) is 0 Å². The van der Waals surface area contributed by atoms with Gasteiger partial charge >= 0.3 is 0 Å². The van der Waals surface area contributed by atoms with Crippen molar-refractivity contribution in [3.63, 3.8) is 0 Å². The summed E-state index contributed by atoms with van der Waals surface area (Å²) in [7, 11) is 0. The van der Waals surface area contributed by atoms with Gasteiger partial charge in [-0.25, -0.2) is 0 Å². The van der Waals surface area contributed by atoms with Crippen molar-refractivity contribution < 1.29 is 5.11 Å². The highest BCUT2D eigenvalue weighted by Gasteiger charge is 2.16. The summed E-state index contributed by atoms with van der Waals surface area (Å²) in [6.45, 7) is 2.10. The Morgan fingerprint density at radius 1 is 1.12 bits per heavy atom. The second-order valence-electron chi connectivity index (χ2n) is 3.86. The molecule has 0 spiro atoms. The maximum Gasteiger partial charge on any atom is 0.116 e. The van der Waals surface area contributed by atoms with Crippen LogP contribution in [0.1, 0.15) is 5.56 Å². The highest BCUT2D eigenvalue weighted by Crippen LogP contribution is 2.46. The standard InChI is InChI=1S/C13H11NOS/c1-8-3-2-4-11-13(8)14-10-6-5-9(15)7-12(10)16-11/h2-7,14-15H,1H3. The molecule has 80 valence electrons. The number of aromatic hydroxyl groups is 1. The van der Waals surface area contributed by atoms with E-state index in [0.29, 0.717) is 5.75 Å². The Morgan fingerprint density at radius 3 is 2.88 bits per heavy atom. The van der Waals surface area contributed by atoms with E-state index in [9.17, 15) is 5.11 Å². The van der Waals surface area contributed by atoms with E-state index in [4.69, 9.17) is 0 Å². The first-order valence-electron chi connectivity index (χ1n) is 5.11. The molecule has 3 rings (SSSR count). The predicted molar refractivity (Wildman–Crippen MR) is 66.7 cm³/mol. The van der Waals surface area contributed by atoms with Crippen molar-refractivity contribution in [3.8, 4) is 5.75 Å². The van der Waals surface area contributed by atoms with Gasteiger partial charge in [-0.2, -0.15) is 0 Å². The van der Waals surface area contributed by atoms with Crippen LogP contribution in [0.3, 0.4) is 0 Å². The molecule has 0 bridgehead atoms. The zero-order valence-corrected chi connectivity index (χ0v) is 9.64. The molecular formula is C13H11NOS. The van der Waals surface area contributed by atoms with E-state index < -0.39 is 0 Å². The SMILES string of the molecule is Cc1cccc2c1Nc1ccc(O)cc1S2. The number of para-hydroxylation sites is 1. The molecule has 2 N–H and O–H groups in total. The van der Waals surface area contributed by atoms with E-state index in [1.807, 2.05) is 6.07 Å². The number of anilines is 2. The number of hydrogen-bond donors (Lipinski definition) is 2. The van der Waals surface area contributed by atoms with E-state index in [1.165, 1.54) is 16.1 Å². The minimum absolute atomic E-state index is 0.309. The van der Waals surface area contributed by atoms with E-state index in [0.717, 1.165) is 10.6 Å². The normalized spacial score (nSPS) is 12.6. The van der Waals surface area contributed by atoms with E-state index in [-0.39, 0.29) is 0 Å². The molecule has 2 aromatic carbocycles. The maximum atomic E-state index is 9.45. The quantitative estimate of drug-likeness (QED) is 0.573. The van der Waals surface area contributed by atoms with Crippen LogP contribution in [0.15, 0.2) is 46.2 Å². The topological polar surface area (TPSA) is 32.3 Å². The average Bonchev–Trinajstić information content (AvgIpc) is 2.27.